The number of carbonyl (C=O) groups excluding carboxylic acids is 2. The number of aromatic nitrogens is 2. The summed E-state index contributed by atoms with van der Waals surface area (Å²) in [5.74, 6) is 0.843. The predicted molar refractivity (Wildman–Crippen MR) is 145 cm³/mol. The first-order valence-electron chi connectivity index (χ1n) is 13.8. The van der Waals surface area contributed by atoms with E-state index < -0.39 is 11.5 Å². The molecule has 200 valence electrons. The number of allylic oxidation sites excluding steroid dienone is 2. The molecule has 6 nitrogen and oxygen atoms in total. The monoisotopic (exact) mass is 517 g/mol. The van der Waals surface area contributed by atoms with Crippen molar-refractivity contribution in [2.75, 3.05) is 6.61 Å². The van der Waals surface area contributed by atoms with E-state index in [2.05, 4.69) is 23.7 Å². The summed E-state index contributed by atoms with van der Waals surface area (Å²) in [4.78, 5) is 30.2. The molecule has 0 saturated heterocycles. The van der Waals surface area contributed by atoms with Crippen molar-refractivity contribution in [2.45, 2.75) is 71.8 Å². The Morgan fingerprint density at radius 1 is 1.11 bits per heavy atom. The highest BCUT2D eigenvalue weighted by molar-refractivity contribution is 6.05. The van der Waals surface area contributed by atoms with Crippen LogP contribution in [0, 0.1) is 17.2 Å². The van der Waals surface area contributed by atoms with E-state index in [4.69, 9.17) is 9.72 Å². The Balaban J connectivity index is 1.40. The number of nitrogens with zero attached hydrogens (tertiary/aromatic N) is 2. The second-order valence-corrected chi connectivity index (χ2v) is 11.0. The Morgan fingerprint density at radius 2 is 1.84 bits per heavy atom. The van der Waals surface area contributed by atoms with Gasteiger partial charge in [0.25, 0.3) is 0 Å². The first kappa shape index (κ1) is 26.1. The number of nitrogens with one attached hydrogen (secondary N) is 1. The Bertz CT molecular complexity index is 1370. The molecule has 2 aliphatic rings. The maximum Gasteiger partial charge on any atom is 0.328 e. The van der Waals surface area contributed by atoms with Gasteiger partial charge in [-0.2, -0.15) is 0 Å². The SMILES string of the molecule is CCOC(=O)[C@H](Cc1ccc(-n2c(CC(C)C)nc3cc(F)ccc32)cc1)NC1=CC(=O)C12CCCCC2. The van der Waals surface area contributed by atoms with Gasteiger partial charge in [0, 0.05) is 36.4 Å². The van der Waals surface area contributed by atoms with Crippen molar-refractivity contribution in [3.63, 3.8) is 0 Å². The van der Waals surface area contributed by atoms with Gasteiger partial charge in [0.05, 0.1) is 23.1 Å². The van der Waals surface area contributed by atoms with Gasteiger partial charge < -0.3 is 10.1 Å². The minimum absolute atomic E-state index is 0.177. The Morgan fingerprint density at radius 3 is 2.50 bits per heavy atom. The normalized spacial score (nSPS) is 17.4. The van der Waals surface area contributed by atoms with E-state index in [1.807, 2.05) is 24.3 Å². The van der Waals surface area contributed by atoms with Crippen LogP contribution in [0.1, 0.15) is 64.3 Å². The molecule has 1 spiro atoms. The molecule has 2 aromatic carbocycles. The molecule has 0 aliphatic heterocycles. The van der Waals surface area contributed by atoms with Gasteiger partial charge in [-0.15, -0.1) is 0 Å². The van der Waals surface area contributed by atoms with Gasteiger partial charge in [0.1, 0.15) is 17.7 Å². The summed E-state index contributed by atoms with van der Waals surface area (Å²) in [6.07, 6.45) is 7.76. The summed E-state index contributed by atoms with van der Waals surface area (Å²) in [5, 5.41) is 3.39. The molecule has 1 fully saturated rings. The van der Waals surface area contributed by atoms with Gasteiger partial charge in [-0.05, 0) is 55.5 Å². The molecule has 1 aromatic heterocycles. The van der Waals surface area contributed by atoms with Crippen LogP contribution in [-0.4, -0.2) is 34.0 Å². The summed E-state index contributed by atoms with van der Waals surface area (Å²) in [7, 11) is 0. The highest BCUT2D eigenvalue weighted by Gasteiger charge is 2.49. The number of hydrogen-bond acceptors (Lipinski definition) is 5. The highest BCUT2D eigenvalue weighted by Crippen LogP contribution is 2.48. The van der Waals surface area contributed by atoms with Gasteiger partial charge in [-0.25, -0.2) is 14.2 Å². The van der Waals surface area contributed by atoms with Crippen molar-refractivity contribution in [3.8, 4) is 5.69 Å². The third kappa shape index (κ3) is 4.98. The molecule has 2 aliphatic carbocycles. The second kappa shape index (κ2) is 10.7. The van der Waals surface area contributed by atoms with Crippen molar-refractivity contribution in [1.82, 2.24) is 14.9 Å². The first-order valence-corrected chi connectivity index (χ1v) is 13.8. The Labute approximate surface area is 223 Å². The summed E-state index contributed by atoms with van der Waals surface area (Å²) in [6.45, 7) is 6.37. The van der Waals surface area contributed by atoms with Crippen LogP contribution in [0.15, 0.2) is 54.2 Å². The Kier molecular flexibility index (Phi) is 7.37. The molecule has 0 unspecified atom stereocenters. The fraction of sp³-hybridized carbons (Fsp3) is 0.452. The fourth-order valence-electron chi connectivity index (χ4n) is 5.85. The summed E-state index contributed by atoms with van der Waals surface area (Å²) < 4.78 is 21.3. The molecule has 1 atom stereocenters. The quantitative estimate of drug-likeness (QED) is 0.361. The molecule has 1 N–H and O–H groups in total. The van der Waals surface area contributed by atoms with Crippen molar-refractivity contribution in [3.05, 3.63) is 71.4 Å². The molecule has 0 bridgehead atoms. The largest absolute Gasteiger partial charge is 0.464 e. The van der Waals surface area contributed by atoms with E-state index >= 15 is 0 Å². The Hall–Kier alpha value is -3.48. The predicted octanol–water partition coefficient (Wildman–Crippen LogP) is 5.84. The van der Waals surface area contributed by atoms with Crippen LogP contribution in [0.4, 0.5) is 4.39 Å². The van der Waals surface area contributed by atoms with Crippen LogP contribution in [0.3, 0.4) is 0 Å². The van der Waals surface area contributed by atoms with Crippen LogP contribution in [0.25, 0.3) is 16.7 Å². The summed E-state index contributed by atoms with van der Waals surface area (Å²) >= 11 is 0. The summed E-state index contributed by atoms with van der Waals surface area (Å²) in [5.41, 5.74) is 3.85. The number of carbonyl (C=O) groups is 2. The number of benzene rings is 2. The molecule has 5 rings (SSSR count). The first-order chi connectivity index (χ1) is 18.3. The number of imidazole rings is 1. The number of halogens is 1. The second-order valence-electron chi connectivity index (χ2n) is 11.0. The maximum absolute atomic E-state index is 13.9. The molecular weight excluding hydrogens is 481 g/mol. The lowest BCUT2D eigenvalue weighted by molar-refractivity contribution is -0.146. The van der Waals surface area contributed by atoms with Crippen molar-refractivity contribution >= 4 is 22.8 Å². The smallest absolute Gasteiger partial charge is 0.328 e. The lowest BCUT2D eigenvalue weighted by atomic mass is 9.62. The standard InChI is InChI=1S/C31H36FN3O3/c1-4-38-30(37)25(33-27-19-28(36)31(27)14-6-5-7-15-31)17-21-8-11-23(12-9-21)35-26-13-10-22(32)18-24(26)34-29(35)16-20(2)3/h8-13,18-20,25,33H,4-7,14-17H2,1-3H3/t25-/m0/s1. The third-order valence-electron chi connectivity index (χ3n) is 7.78. The molecule has 0 amide bonds. The van der Waals surface area contributed by atoms with Gasteiger partial charge in [0.2, 0.25) is 0 Å². The van der Waals surface area contributed by atoms with Gasteiger partial charge in [-0.3, -0.25) is 9.36 Å². The van der Waals surface area contributed by atoms with Crippen LogP contribution in [0.5, 0.6) is 0 Å². The number of hydrogen-bond donors (Lipinski definition) is 1. The van der Waals surface area contributed by atoms with Gasteiger partial charge in [-0.1, -0.05) is 45.2 Å². The highest BCUT2D eigenvalue weighted by atomic mass is 19.1. The number of esters is 1. The molecule has 3 aromatic rings. The van der Waals surface area contributed by atoms with E-state index in [1.165, 1.54) is 12.1 Å². The van der Waals surface area contributed by atoms with Crippen LogP contribution in [-0.2, 0) is 27.2 Å². The van der Waals surface area contributed by atoms with Crippen molar-refractivity contribution in [2.24, 2.45) is 11.3 Å². The topological polar surface area (TPSA) is 73.2 Å². The number of ether oxygens (including phenoxy) is 1. The molecule has 0 radical (unpaired) electrons. The fourth-order valence-corrected chi connectivity index (χ4v) is 5.85. The molecule has 1 heterocycles. The van der Waals surface area contributed by atoms with E-state index in [1.54, 1.807) is 19.1 Å². The molecule has 1 saturated carbocycles. The summed E-state index contributed by atoms with van der Waals surface area (Å²) in [6, 6.07) is 12.2. The van der Waals surface area contributed by atoms with Crippen LogP contribution < -0.4 is 5.32 Å². The average molecular weight is 518 g/mol. The zero-order valence-electron chi connectivity index (χ0n) is 22.4. The molecule has 7 heteroatoms. The number of fused-ring (bicyclic) bond motifs is 1. The lowest BCUT2D eigenvalue weighted by Crippen LogP contribution is -2.52. The average Bonchev–Trinajstić information content (AvgIpc) is 3.25. The van der Waals surface area contributed by atoms with Crippen LogP contribution >= 0.6 is 0 Å². The van der Waals surface area contributed by atoms with Gasteiger partial charge in [0.15, 0.2) is 5.78 Å². The van der Waals surface area contributed by atoms with Crippen molar-refractivity contribution < 1.29 is 18.7 Å². The minimum Gasteiger partial charge on any atom is -0.464 e. The van der Waals surface area contributed by atoms with Gasteiger partial charge >= 0.3 is 5.97 Å². The molecule has 38 heavy (non-hydrogen) atoms. The van der Waals surface area contributed by atoms with E-state index in [9.17, 15) is 14.0 Å². The van der Waals surface area contributed by atoms with Crippen LogP contribution in [0.2, 0.25) is 0 Å². The maximum atomic E-state index is 13.9. The minimum atomic E-state index is -0.576. The van der Waals surface area contributed by atoms with E-state index in [-0.39, 0.29) is 17.6 Å². The lowest BCUT2D eigenvalue weighted by Gasteiger charge is -2.44. The molecular formula is C31H36FN3O3. The zero-order valence-corrected chi connectivity index (χ0v) is 22.4. The third-order valence-corrected chi connectivity index (χ3v) is 7.78. The number of rotatable bonds is 9. The zero-order chi connectivity index (χ0) is 26.9. The van der Waals surface area contributed by atoms with E-state index in [0.717, 1.165) is 66.8 Å². The number of ketones is 1. The van der Waals surface area contributed by atoms with E-state index in [0.29, 0.717) is 24.5 Å². The van der Waals surface area contributed by atoms with Crippen molar-refractivity contribution in [1.29, 1.82) is 0 Å².